The van der Waals surface area contributed by atoms with Crippen molar-refractivity contribution in [2.24, 2.45) is 0 Å². The molecular weight excluding hydrogens is 402 g/mol. The van der Waals surface area contributed by atoms with Gasteiger partial charge in [0.1, 0.15) is 17.3 Å². The molecule has 0 spiro atoms. The van der Waals surface area contributed by atoms with Gasteiger partial charge in [-0.1, -0.05) is 30.3 Å². The largest absolute Gasteiger partial charge is 0.497 e. The summed E-state index contributed by atoms with van der Waals surface area (Å²) in [4.78, 5) is 19.5. The van der Waals surface area contributed by atoms with Gasteiger partial charge >= 0.3 is 0 Å². The molecule has 0 saturated carbocycles. The van der Waals surface area contributed by atoms with Gasteiger partial charge in [0.25, 0.3) is 0 Å². The minimum absolute atomic E-state index is 0.0505. The first kappa shape index (κ1) is 21.4. The monoisotopic (exact) mass is 429 g/mol. The summed E-state index contributed by atoms with van der Waals surface area (Å²) in [6.07, 6.45) is 0.914. The summed E-state index contributed by atoms with van der Waals surface area (Å²) in [5.41, 5.74) is 3.94. The Hall–Kier alpha value is -3.80. The zero-order valence-electron chi connectivity index (χ0n) is 18.6. The third-order valence-electron chi connectivity index (χ3n) is 5.53. The molecule has 0 aliphatic rings. The van der Waals surface area contributed by atoms with Gasteiger partial charge in [-0.05, 0) is 36.4 Å². The highest BCUT2D eigenvalue weighted by molar-refractivity contribution is 5.79. The van der Waals surface area contributed by atoms with E-state index in [1.807, 2.05) is 61.6 Å². The number of imidazole rings is 1. The Labute approximate surface area is 188 Å². The highest BCUT2D eigenvalue weighted by Gasteiger charge is 2.17. The third-order valence-corrected chi connectivity index (χ3v) is 5.53. The van der Waals surface area contributed by atoms with E-state index in [2.05, 4.69) is 22.8 Å². The Kier molecular flexibility index (Phi) is 6.40. The van der Waals surface area contributed by atoms with Crippen molar-refractivity contribution in [2.45, 2.75) is 19.4 Å². The van der Waals surface area contributed by atoms with Crippen molar-refractivity contribution >= 4 is 16.9 Å². The summed E-state index contributed by atoms with van der Waals surface area (Å²) in [5.74, 6) is 2.35. The molecule has 0 fully saturated rings. The van der Waals surface area contributed by atoms with Crippen molar-refractivity contribution in [3.05, 3.63) is 84.2 Å². The second-order valence-electron chi connectivity index (χ2n) is 7.62. The van der Waals surface area contributed by atoms with Crippen molar-refractivity contribution in [1.29, 1.82) is 0 Å². The number of amides is 1. The number of carbonyl (C=O) groups excluding carboxylic acids is 1. The predicted octanol–water partition coefficient (Wildman–Crippen LogP) is 4.63. The first-order chi connectivity index (χ1) is 15.6. The normalized spacial score (nSPS) is 10.8. The van der Waals surface area contributed by atoms with Crippen molar-refractivity contribution in [2.75, 3.05) is 21.3 Å². The molecule has 32 heavy (non-hydrogen) atoms. The first-order valence-electron chi connectivity index (χ1n) is 10.6. The van der Waals surface area contributed by atoms with Gasteiger partial charge in [-0.15, -0.1) is 0 Å². The van der Waals surface area contributed by atoms with Crippen LogP contribution in [0.4, 0.5) is 0 Å². The lowest BCUT2D eigenvalue weighted by atomic mass is 10.1. The smallest absolute Gasteiger partial charge is 0.223 e. The number of hydrogen-bond donors (Lipinski definition) is 0. The number of benzene rings is 3. The number of nitrogens with zero attached hydrogens (tertiary/aromatic N) is 3. The van der Waals surface area contributed by atoms with Crippen LogP contribution in [-0.4, -0.2) is 41.6 Å². The van der Waals surface area contributed by atoms with Crippen molar-refractivity contribution in [3.63, 3.8) is 0 Å². The number of methoxy groups -OCH3 is 2. The maximum Gasteiger partial charge on any atom is 0.223 e. The fraction of sp³-hybridized carbons (Fsp3) is 0.231. The molecule has 164 valence electrons. The summed E-state index contributed by atoms with van der Waals surface area (Å²) in [6, 6.07) is 23.8. The molecule has 0 atom stereocenters. The lowest BCUT2D eigenvalue weighted by molar-refractivity contribution is -0.130. The van der Waals surface area contributed by atoms with Crippen LogP contribution in [0.5, 0.6) is 11.5 Å². The summed E-state index contributed by atoms with van der Waals surface area (Å²) >= 11 is 0. The SMILES string of the molecule is COc1ccc(CN(C)C(=O)CCc2nc3ccccc3n2-c2ccccc2)c(OC)c1. The second-order valence-corrected chi connectivity index (χ2v) is 7.62. The Balaban J connectivity index is 1.51. The number of aryl methyl sites for hydroxylation is 1. The highest BCUT2D eigenvalue weighted by atomic mass is 16.5. The molecule has 6 heteroatoms. The minimum Gasteiger partial charge on any atom is -0.497 e. The molecule has 0 N–H and O–H groups in total. The van der Waals surface area contributed by atoms with E-state index in [0.29, 0.717) is 25.1 Å². The number of rotatable bonds is 8. The first-order valence-corrected chi connectivity index (χ1v) is 10.6. The van der Waals surface area contributed by atoms with Crippen LogP contribution in [0.15, 0.2) is 72.8 Å². The van der Waals surface area contributed by atoms with E-state index in [1.54, 1.807) is 19.1 Å². The van der Waals surface area contributed by atoms with Gasteiger partial charge in [-0.3, -0.25) is 9.36 Å². The van der Waals surface area contributed by atoms with Gasteiger partial charge in [0.05, 0.1) is 25.3 Å². The topological polar surface area (TPSA) is 56.6 Å². The Bertz CT molecular complexity index is 1220. The third kappa shape index (κ3) is 4.44. The van der Waals surface area contributed by atoms with E-state index in [1.165, 1.54) is 0 Å². The van der Waals surface area contributed by atoms with E-state index in [4.69, 9.17) is 14.5 Å². The summed E-state index contributed by atoms with van der Waals surface area (Å²) < 4.78 is 12.9. The molecule has 0 saturated heterocycles. The van der Waals surface area contributed by atoms with Crippen molar-refractivity contribution in [1.82, 2.24) is 14.5 Å². The van der Waals surface area contributed by atoms with Crippen LogP contribution >= 0.6 is 0 Å². The molecule has 0 aliphatic carbocycles. The number of carbonyl (C=O) groups is 1. The number of fused-ring (bicyclic) bond motifs is 1. The van der Waals surface area contributed by atoms with Gasteiger partial charge in [0.2, 0.25) is 5.91 Å². The van der Waals surface area contributed by atoms with Gasteiger partial charge < -0.3 is 14.4 Å². The molecule has 0 radical (unpaired) electrons. The summed E-state index contributed by atoms with van der Waals surface area (Å²) in [5, 5.41) is 0. The predicted molar refractivity (Wildman–Crippen MR) is 125 cm³/mol. The van der Waals surface area contributed by atoms with Gasteiger partial charge in [-0.2, -0.15) is 0 Å². The van der Waals surface area contributed by atoms with E-state index in [9.17, 15) is 4.79 Å². The van der Waals surface area contributed by atoms with Gasteiger partial charge in [0.15, 0.2) is 0 Å². The molecule has 4 rings (SSSR count). The van der Waals surface area contributed by atoms with Crippen LogP contribution in [0.1, 0.15) is 17.8 Å². The zero-order chi connectivity index (χ0) is 22.5. The van der Waals surface area contributed by atoms with Crippen LogP contribution in [0, 0.1) is 0 Å². The maximum atomic E-state index is 12.9. The average molecular weight is 430 g/mol. The van der Waals surface area contributed by atoms with E-state index in [0.717, 1.165) is 33.9 Å². The molecule has 6 nitrogen and oxygen atoms in total. The molecule has 1 heterocycles. The molecule has 3 aromatic carbocycles. The van der Waals surface area contributed by atoms with Crippen molar-refractivity contribution in [3.8, 4) is 17.2 Å². The molecule has 0 aliphatic heterocycles. The van der Waals surface area contributed by atoms with E-state index in [-0.39, 0.29) is 5.91 Å². The molecule has 1 amide bonds. The fourth-order valence-corrected chi connectivity index (χ4v) is 3.84. The molecular formula is C26H27N3O3. The number of hydrogen-bond acceptors (Lipinski definition) is 4. The lowest BCUT2D eigenvalue weighted by Gasteiger charge is -2.19. The number of aromatic nitrogens is 2. The van der Waals surface area contributed by atoms with E-state index < -0.39 is 0 Å². The minimum atomic E-state index is 0.0505. The van der Waals surface area contributed by atoms with Crippen LogP contribution < -0.4 is 9.47 Å². The van der Waals surface area contributed by atoms with Crippen molar-refractivity contribution < 1.29 is 14.3 Å². The molecule has 1 aromatic heterocycles. The summed E-state index contributed by atoms with van der Waals surface area (Å²) in [6.45, 7) is 0.459. The summed E-state index contributed by atoms with van der Waals surface area (Å²) in [7, 11) is 5.05. The van der Waals surface area contributed by atoms with E-state index >= 15 is 0 Å². The van der Waals surface area contributed by atoms with Crippen LogP contribution in [-0.2, 0) is 17.8 Å². The van der Waals surface area contributed by atoms with Crippen LogP contribution in [0.3, 0.4) is 0 Å². The van der Waals surface area contributed by atoms with Gasteiger partial charge in [-0.25, -0.2) is 4.98 Å². The van der Waals surface area contributed by atoms with Crippen LogP contribution in [0.25, 0.3) is 16.7 Å². The maximum absolute atomic E-state index is 12.9. The molecule has 0 unspecified atom stereocenters. The Morgan fingerprint density at radius 3 is 2.47 bits per heavy atom. The zero-order valence-corrected chi connectivity index (χ0v) is 18.6. The number of para-hydroxylation sites is 3. The quantitative estimate of drug-likeness (QED) is 0.410. The van der Waals surface area contributed by atoms with Gasteiger partial charge in [0, 0.05) is 43.8 Å². The second kappa shape index (κ2) is 9.56. The molecule has 0 bridgehead atoms. The Morgan fingerprint density at radius 2 is 1.72 bits per heavy atom. The highest BCUT2D eigenvalue weighted by Crippen LogP contribution is 2.26. The fourth-order valence-electron chi connectivity index (χ4n) is 3.84. The van der Waals surface area contributed by atoms with Crippen LogP contribution in [0.2, 0.25) is 0 Å². The number of ether oxygens (including phenoxy) is 2. The average Bonchev–Trinajstić information content (AvgIpc) is 3.21. The standard InChI is InChI=1S/C26H27N3O3/c1-28(18-19-13-14-21(31-2)17-24(19)32-3)26(30)16-15-25-27-22-11-7-8-12-23(22)29(25)20-9-5-4-6-10-20/h4-14,17H,15-16,18H2,1-3H3. The lowest BCUT2D eigenvalue weighted by Crippen LogP contribution is -2.27. The molecule has 4 aromatic rings. The Morgan fingerprint density at radius 1 is 0.969 bits per heavy atom.